The Morgan fingerprint density at radius 1 is 1.17 bits per heavy atom. The first-order valence-corrected chi connectivity index (χ1v) is 8.01. The number of carbonyl (C=O) groups excluding carboxylic acids is 1. The highest BCUT2D eigenvalue weighted by molar-refractivity contribution is 5.77. The number of amides is 1. The highest BCUT2D eigenvalue weighted by Gasteiger charge is 2.19. The molecule has 0 bridgehead atoms. The summed E-state index contributed by atoms with van der Waals surface area (Å²) < 4.78 is 0. The van der Waals surface area contributed by atoms with E-state index in [4.69, 9.17) is 5.11 Å². The fourth-order valence-electron chi connectivity index (χ4n) is 2.71. The summed E-state index contributed by atoms with van der Waals surface area (Å²) in [6.45, 7) is 4.71. The number of hydrogen-bond donors (Lipinski definition) is 2. The summed E-state index contributed by atoms with van der Waals surface area (Å²) in [5, 5.41) is 11.9. The van der Waals surface area contributed by atoms with Gasteiger partial charge in [0.2, 0.25) is 5.91 Å². The zero-order valence-electron chi connectivity index (χ0n) is 13.6. The molecule has 0 aromatic heterocycles. The van der Waals surface area contributed by atoms with E-state index in [1.807, 2.05) is 30.3 Å². The first-order chi connectivity index (χ1) is 11.0. The lowest BCUT2D eigenvalue weighted by atomic mass is 10.0. The minimum atomic E-state index is -0.918. The molecule has 1 heterocycles. The van der Waals surface area contributed by atoms with E-state index in [2.05, 4.69) is 22.2 Å². The Balaban J connectivity index is 1.84. The van der Waals surface area contributed by atoms with Crippen LogP contribution in [0, 0.1) is 0 Å². The van der Waals surface area contributed by atoms with Gasteiger partial charge in [0.05, 0.1) is 12.5 Å². The zero-order chi connectivity index (χ0) is 16.7. The molecule has 0 aliphatic carbocycles. The largest absolute Gasteiger partial charge is 0.481 e. The molecular formula is C17H25N3O3. The number of likely N-dealkylation sites (N-methyl/N-ethyl adjacent to an activating group) is 1. The highest BCUT2D eigenvalue weighted by Crippen LogP contribution is 2.16. The van der Waals surface area contributed by atoms with E-state index < -0.39 is 12.0 Å². The molecule has 1 aromatic carbocycles. The van der Waals surface area contributed by atoms with Gasteiger partial charge in [-0.05, 0) is 12.6 Å². The molecule has 1 aliphatic heterocycles. The van der Waals surface area contributed by atoms with Gasteiger partial charge in [-0.1, -0.05) is 30.3 Å². The third-order valence-electron chi connectivity index (χ3n) is 4.17. The Morgan fingerprint density at radius 2 is 1.83 bits per heavy atom. The predicted molar refractivity (Wildman–Crippen MR) is 88.1 cm³/mol. The van der Waals surface area contributed by atoms with Crippen LogP contribution in [0.5, 0.6) is 0 Å². The predicted octanol–water partition coefficient (Wildman–Crippen LogP) is 0.956. The van der Waals surface area contributed by atoms with Gasteiger partial charge in [0, 0.05) is 39.1 Å². The van der Waals surface area contributed by atoms with Gasteiger partial charge in [0.15, 0.2) is 0 Å². The van der Waals surface area contributed by atoms with E-state index in [9.17, 15) is 9.59 Å². The lowest BCUT2D eigenvalue weighted by Gasteiger charge is -2.32. The maximum Gasteiger partial charge on any atom is 0.305 e. The van der Waals surface area contributed by atoms with Crippen LogP contribution in [0.4, 0.5) is 0 Å². The van der Waals surface area contributed by atoms with Crippen molar-refractivity contribution in [1.29, 1.82) is 0 Å². The van der Waals surface area contributed by atoms with Gasteiger partial charge < -0.3 is 20.2 Å². The molecule has 1 aliphatic rings. The van der Waals surface area contributed by atoms with Gasteiger partial charge in [0.25, 0.3) is 0 Å². The van der Waals surface area contributed by atoms with Crippen LogP contribution >= 0.6 is 0 Å². The molecule has 1 aromatic rings. The van der Waals surface area contributed by atoms with Crippen LogP contribution in [0.15, 0.2) is 30.3 Å². The summed E-state index contributed by atoms with van der Waals surface area (Å²) in [5.41, 5.74) is 0.822. The fourth-order valence-corrected chi connectivity index (χ4v) is 2.71. The molecular weight excluding hydrogens is 294 g/mol. The molecule has 2 N–H and O–H groups in total. The van der Waals surface area contributed by atoms with Crippen molar-refractivity contribution in [2.24, 2.45) is 0 Å². The summed E-state index contributed by atoms with van der Waals surface area (Å²) in [7, 11) is 2.10. The lowest BCUT2D eigenvalue weighted by molar-refractivity contribution is -0.137. The Hall–Kier alpha value is -1.92. The quantitative estimate of drug-likeness (QED) is 0.783. The van der Waals surface area contributed by atoms with Crippen molar-refractivity contribution >= 4 is 11.9 Å². The lowest BCUT2D eigenvalue weighted by Crippen LogP contribution is -2.45. The maximum absolute atomic E-state index is 12.2. The van der Waals surface area contributed by atoms with Crippen molar-refractivity contribution in [1.82, 2.24) is 15.1 Å². The van der Waals surface area contributed by atoms with Gasteiger partial charge in [-0.3, -0.25) is 9.59 Å². The number of aliphatic carboxylic acids is 1. The van der Waals surface area contributed by atoms with Crippen molar-refractivity contribution in [3.8, 4) is 0 Å². The van der Waals surface area contributed by atoms with Crippen LogP contribution in [-0.4, -0.2) is 66.6 Å². The number of nitrogens with one attached hydrogen (secondary N) is 1. The van der Waals surface area contributed by atoms with E-state index in [1.165, 1.54) is 0 Å². The molecule has 6 nitrogen and oxygen atoms in total. The van der Waals surface area contributed by atoms with E-state index in [1.54, 1.807) is 0 Å². The summed E-state index contributed by atoms with van der Waals surface area (Å²) >= 11 is 0. The Bertz CT molecular complexity index is 513. The normalized spacial score (nSPS) is 17.6. The van der Waals surface area contributed by atoms with E-state index >= 15 is 0 Å². The van der Waals surface area contributed by atoms with Crippen LogP contribution in [0.3, 0.4) is 0 Å². The molecule has 0 spiro atoms. The van der Waals surface area contributed by atoms with E-state index in [0.717, 1.165) is 31.7 Å². The second kappa shape index (κ2) is 8.64. The molecule has 2 rings (SSSR count). The van der Waals surface area contributed by atoms with Crippen molar-refractivity contribution in [2.45, 2.75) is 18.9 Å². The van der Waals surface area contributed by atoms with Crippen molar-refractivity contribution in [2.75, 3.05) is 39.8 Å². The van der Waals surface area contributed by atoms with Gasteiger partial charge in [-0.15, -0.1) is 0 Å². The van der Waals surface area contributed by atoms with Crippen LogP contribution in [0.25, 0.3) is 0 Å². The molecule has 0 radical (unpaired) electrons. The third kappa shape index (κ3) is 6.00. The third-order valence-corrected chi connectivity index (χ3v) is 4.17. The standard InChI is InChI=1S/C17H25N3O3/c1-19-9-11-20(12-10-19)8-7-16(21)18-15(13-17(22)23)14-5-3-2-4-6-14/h2-6,15H,7-13H2,1H3,(H,18,21)(H,22,23)/t15-/m1/s1. The molecule has 1 fully saturated rings. The number of nitrogens with zero attached hydrogens (tertiary/aromatic N) is 2. The molecule has 126 valence electrons. The Kier molecular flexibility index (Phi) is 6.55. The SMILES string of the molecule is CN1CCN(CCC(=O)N[C@H](CC(=O)O)c2ccccc2)CC1. The summed E-state index contributed by atoms with van der Waals surface area (Å²) in [5.74, 6) is -1.02. The molecule has 6 heteroatoms. The van der Waals surface area contributed by atoms with Gasteiger partial charge >= 0.3 is 5.97 Å². The molecule has 0 saturated carbocycles. The average Bonchev–Trinajstić information content (AvgIpc) is 2.54. The Labute approximate surface area is 137 Å². The molecule has 0 unspecified atom stereocenters. The number of carboxylic acids is 1. The number of rotatable bonds is 7. The molecule has 1 saturated heterocycles. The summed E-state index contributed by atoms with van der Waals surface area (Å²) in [6.07, 6.45) is 0.289. The van der Waals surface area contributed by atoms with Crippen LogP contribution < -0.4 is 5.32 Å². The molecule has 23 heavy (non-hydrogen) atoms. The fraction of sp³-hybridized carbons (Fsp3) is 0.529. The summed E-state index contributed by atoms with van der Waals surface area (Å²) in [6, 6.07) is 8.77. The van der Waals surface area contributed by atoms with E-state index in [-0.39, 0.29) is 12.3 Å². The second-order valence-electron chi connectivity index (χ2n) is 6.02. The van der Waals surface area contributed by atoms with Crippen LogP contribution in [0.2, 0.25) is 0 Å². The van der Waals surface area contributed by atoms with Crippen molar-refractivity contribution in [3.05, 3.63) is 35.9 Å². The van der Waals surface area contributed by atoms with Crippen LogP contribution in [-0.2, 0) is 9.59 Å². The van der Waals surface area contributed by atoms with Crippen LogP contribution in [0.1, 0.15) is 24.4 Å². The number of carboxylic acid groups (broad SMARTS) is 1. The topological polar surface area (TPSA) is 72.9 Å². The van der Waals surface area contributed by atoms with Gasteiger partial charge in [0.1, 0.15) is 0 Å². The smallest absolute Gasteiger partial charge is 0.305 e. The van der Waals surface area contributed by atoms with Crippen molar-refractivity contribution < 1.29 is 14.7 Å². The second-order valence-corrected chi connectivity index (χ2v) is 6.02. The summed E-state index contributed by atoms with van der Waals surface area (Å²) in [4.78, 5) is 27.8. The molecule has 1 amide bonds. The first kappa shape index (κ1) is 17.4. The minimum absolute atomic E-state index is 0.0981. The molecule has 1 atom stereocenters. The minimum Gasteiger partial charge on any atom is -0.481 e. The highest BCUT2D eigenvalue weighted by atomic mass is 16.4. The number of piperazine rings is 1. The average molecular weight is 319 g/mol. The van der Waals surface area contributed by atoms with Gasteiger partial charge in [-0.25, -0.2) is 0 Å². The zero-order valence-corrected chi connectivity index (χ0v) is 13.6. The number of benzene rings is 1. The van der Waals surface area contributed by atoms with Crippen molar-refractivity contribution in [3.63, 3.8) is 0 Å². The Morgan fingerprint density at radius 3 is 2.43 bits per heavy atom. The van der Waals surface area contributed by atoms with E-state index in [0.29, 0.717) is 13.0 Å². The monoisotopic (exact) mass is 319 g/mol. The number of hydrogen-bond acceptors (Lipinski definition) is 4. The number of carbonyl (C=O) groups is 2. The van der Waals surface area contributed by atoms with Gasteiger partial charge in [-0.2, -0.15) is 0 Å². The maximum atomic E-state index is 12.2. The first-order valence-electron chi connectivity index (χ1n) is 8.01.